The third-order valence-electron chi connectivity index (χ3n) is 2.46. The number of hydrogen-bond acceptors (Lipinski definition) is 2. The van der Waals surface area contributed by atoms with Crippen LogP contribution >= 0.6 is 0 Å². The number of aliphatic hydroxyl groups is 1. The summed E-state index contributed by atoms with van der Waals surface area (Å²) >= 11 is 0. The van der Waals surface area contributed by atoms with Crippen molar-refractivity contribution in [2.45, 2.75) is 18.9 Å². The van der Waals surface area contributed by atoms with E-state index in [-0.39, 0.29) is 11.7 Å². The van der Waals surface area contributed by atoms with E-state index in [2.05, 4.69) is 0 Å². The van der Waals surface area contributed by atoms with Gasteiger partial charge in [0.1, 0.15) is 6.10 Å². The fourth-order valence-electron chi connectivity index (χ4n) is 1.67. The lowest BCUT2D eigenvalue weighted by Crippen LogP contribution is -2.17. The van der Waals surface area contributed by atoms with Crippen molar-refractivity contribution in [2.24, 2.45) is 0 Å². The van der Waals surface area contributed by atoms with Gasteiger partial charge in [0.05, 0.1) is 0 Å². The summed E-state index contributed by atoms with van der Waals surface area (Å²) in [4.78, 5) is 11.4. The minimum atomic E-state index is -0.831. The molecular weight excluding hydrogens is 152 g/mol. The maximum Gasteiger partial charge on any atom is 0.192 e. The van der Waals surface area contributed by atoms with Gasteiger partial charge in [-0.1, -0.05) is 31.2 Å². The Morgan fingerprint density at radius 3 is 2.67 bits per heavy atom. The summed E-state index contributed by atoms with van der Waals surface area (Å²) in [6, 6.07) is 7.38. The van der Waals surface area contributed by atoms with Gasteiger partial charge in [-0.3, -0.25) is 4.79 Å². The second-order valence-electron chi connectivity index (χ2n) is 3.19. The predicted molar refractivity (Wildman–Crippen MR) is 45.2 cm³/mol. The first-order valence-corrected chi connectivity index (χ1v) is 4.03. The van der Waals surface area contributed by atoms with Gasteiger partial charge in [0.25, 0.3) is 0 Å². The van der Waals surface area contributed by atoms with Crippen molar-refractivity contribution in [1.29, 1.82) is 0 Å². The van der Waals surface area contributed by atoms with E-state index >= 15 is 0 Å². The molecule has 0 saturated carbocycles. The van der Waals surface area contributed by atoms with E-state index in [4.69, 9.17) is 0 Å². The Kier molecular flexibility index (Phi) is 1.51. The van der Waals surface area contributed by atoms with Crippen molar-refractivity contribution < 1.29 is 9.90 Å². The number of carbonyl (C=O) groups is 1. The SMILES string of the molecule is CC1c2ccccc2C(=O)C1O. The molecule has 2 nitrogen and oxygen atoms in total. The lowest BCUT2D eigenvalue weighted by atomic mass is 10.0. The molecule has 1 aromatic rings. The van der Waals surface area contributed by atoms with Crippen molar-refractivity contribution in [3.05, 3.63) is 35.4 Å². The van der Waals surface area contributed by atoms with Gasteiger partial charge in [-0.25, -0.2) is 0 Å². The van der Waals surface area contributed by atoms with Gasteiger partial charge in [0.15, 0.2) is 5.78 Å². The van der Waals surface area contributed by atoms with Crippen LogP contribution in [-0.2, 0) is 0 Å². The molecule has 0 heterocycles. The van der Waals surface area contributed by atoms with E-state index in [9.17, 15) is 9.90 Å². The first-order valence-electron chi connectivity index (χ1n) is 4.03. The molecule has 0 aliphatic heterocycles. The summed E-state index contributed by atoms with van der Waals surface area (Å²) in [7, 11) is 0. The molecule has 0 saturated heterocycles. The van der Waals surface area contributed by atoms with Gasteiger partial charge in [-0.05, 0) is 5.56 Å². The van der Waals surface area contributed by atoms with Gasteiger partial charge in [-0.15, -0.1) is 0 Å². The van der Waals surface area contributed by atoms with Gasteiger partial charge in [0.2, 0.25) is 0 Å². The smallest absolute Gasteiger partial charge is 0.192 e. The van der Waals surface area contributed by atoms with Crippen molar-refractivity contribution >= 4 is 5.78 Å². The van der Waals surface area contributed by atoms with Crippen LogP contribution in [-0.4, -0.2) is 17.0 Å². The maximum atomic E-state index is 11.4. The van der Waals surface area contributed by atoms with Crippen LogP contribution in [0, 0.1) is 0 Å². The molecule has 2 unspecified atom stereocenters. The van der Waals surface area contributed by atoms with Gasteiger partial charge >= 0.3 is 0 Å². The normalized spacial score (nSPS) is 27.3. The third kappa shape index (κ3) is 0.816. The van der Waals surface area contributed by atoms with Gasteiger partial charge in [-0.2, -0.15) is 0 Å². The fraction of sp³-hybridized carbons (Fsp3) is 0.300. The van der Waals surface area contributed by atoms with Gasteiger partial charge in [0, 0.05) is 11.5 Å². The summed E-state index contributed by atoms with van der Waals surface area (Å²) in [5, 5.41) is 9.44. The lowest BCUT2D eigenvalue weighted by molar-refractivity contribution is 0.0743. The standard InChI is InChI=1S/C10H10O2/c1-6-7-4-2-3-5-8(7)10(12)9(6)11/h2-6,9,11H,1H3. The van der Waals surface area contributed by atoms with E-state index in [1.807, 2.05) is 25.1 Å². The minimum absolute atomic E-state index is 0.0475. The zero-order valence-corrected chi connectivity index (χ0v) is 6.82. The first kappa shape index (κ1) is 7.50. The van der Waals surface area contributed by atoms with Crippen LogP contribution in [0.15, 0.2) is 24.3 Å². The number of carbonyl (C=O) groups excluding carboxylic acids is 1. The Hall–Kier alpha value is -1.15. The molecule has 1 aliphatic carbocycles. The van der Waals surface area contributed by atoms with Crippen LogP contribution < -0.4 is 0 Å². The lowest BCUT2D eigenvalue weighted by Gasteiger charge is -2.05. The molecule has 12 heavy (non-hydrogen) atoms. The monoisotopic (exact) mass is 162 g/mol. The molecule has 2 atom stereocenters. The van der Waals surface area contributed by atoms with E-state index < -0.39 is 6.10 Å². The third-order valence-corrected chi connectivity index (χ3v) is 2.46. The Morgan fingerprint density at radius 2 is 2.00 bits per heavy atom. The highest BCUT2D eigenvalue weighted by molar-refractivity contribution is 6.04. The van der Waals surface area contributed by atoms with Gasteiger partial charge < -0.3 is 5.11 Å². The largest absolute Gasteiger partial charge is 0.384 e. The molecule has 0 spiro atoms. The Morgan fingerprint density at radius 1 is 1.33 bits per heavy atom. The van der Waals surface area contributed by atoms with Crippen molar-refractivity contribution in [2.75, 3.05) is 0 Å². The molecule has 0 aromatic heterocycles. The minimum Gasteiger partial charge on any atom is -0.384 e. The first-order chi connectivity index (χ1) is 5.72. The molecule has 1 aromatic carbocycles. The number of hydrogen-bond donors (Lipinski definition) is 1. The van der Waals surface area contributed by atoms with E-state index in [1.165, 1.54) is 0 Å². The van der Waals surface area contributed by atoms with Crippen molar-refractivity contribution in [3.63, 3.8) is 0 Å². The maximum absolute atomic E-state index is 11.4. The molecule has 0 radical (unpaired) electrons. The summed E-state index contributed by atoms with van der Waals surface area (Å²) < 4.78 is 0. The number of Topliss-reactive ketones (excluding diaryl/α,β-unsaturated/α-hetero) is 1. The Bertz CT molecular complexity index is 330. The summed E-state index contributed by atoms with van der Waals surface area (Å²) in [6.07, 6.45) is -0.831. The summed E-state index contributed by atoms with van der Waals surface area (Å²) in [5.74, 6) is -0.188. The second kappa shape index (κ2) is 2.42. The fourth-order valence-corrected chi connectivity index (χ4v) is 1.67. The molecule has 2 rings (SSSR count). The zero-order chi connectivity index (χ0) is 8.72. The predicted octanol–water partition coefficient (Wildman–Crippen LogP) is 1.35. The number of ketones is 1. The second-order valence-corrected chi connectivity index (χ2v) is 3.19. The highest BCUT2D eigenvalue weighted by Gasteiger charge is 2.34. The van der Waals surface area contributed by atoms with Crippen LogP contribution in [0.25, 0.3) is 0 Å². The van der Waals surface area contributed by atoms with E-state index in [0.717, 1.165) is 5.56 Å². The number of aliphatic hydroxyl groups excluding tert-OH is 1. The van der Waals surface area contributed by atoms with E-state index in [0.29, 0.717) is 5.56 Å². The Balaban J connectivity index is 2.59. The molecule has 0 fully saturated rings. The molecule has 0 amide bonds. The van der Waals surface area contributed by atoms with Crippen LogP contribution in [0.4, 0.5) is 0 Å². The highest BCUT2D eigenvalue weighted by Crippen LogP contribution is 2.32. The summed E-state index contributed by atoms with van der Waals surface area (Å²) in [6.45, 7) is 1.87. The van der Waals surface area contributed by atoms with Crippen LogP contribution in [0.1, 0.15) is 28.8 Å². The molecule has 1 N–H and O–H groups in total. The van der Waals surface area contributed by atoms with Crippen LogP contribution in [0.3, 0.4) is 0 Å². The number of fused-ring (bicyclic) bond motifs is 1. The van der Waals surface area contributed by atoms with E-state index in [1.54, 1.807) is 6.07 Å². The quantitative estimate of drug-likeness (QED) is 0.625. The molecule has 2 heteroatoms. The zero-order valence-electron chi connectivity index (χ0n) is 6.82. The average molecular weight is 162 g/mol. The molecule has 0 bridgehead atoms. The average Bonchev–Trinajstić information content (AvgIpc) is 2.33. The molecule has 1 aliphatic rings. The number of rotatable bonds is 0. The highest BCUT2D eigenvalue weighted by atomic mass is 16.3. The Labute approximate surface area is 70.8 Å². The van der Waals surface area contributed by atoms with Crippen molar-refractivity contribution in [3.8, 4) is 0 Å². The van der Waals surface area contributed by atoms with Crippen molar-refractivity contribution in [1.82, 2.24) is 0 Å². The molecular formula is C10H10O2. The molecule has 62 valence electrons. The van der Waals surface area contributed by atoms with Crippen LogP contribution in [0.2, 0.25) is 0 Å². The van der Waals surface area contributed by atoms with Crippen LogP contribution in [0.5, 0.6) is 0 Å². The number of benzene rings is 1. The topological polar surface area (TPSA) is 37.3 Å². The summed E-state index contributed by atoms with van der Waals surface area (Å²) in [5.41, 5.74) is 1.65.